The number of nitro benzene ring substituents is 1. The van der Waals surface area contributed by atoms with Gasteiger partial charge in [-0.3, -0.25) is 10.1 Å². The smallest absolute Gasteiger partial charge is 0.411 e. The zero-order chi connectivity index (χ0) is 18.3. The van der Waals surface area contributed by atoms with E-state index in [1.807, 2.05) is 19.9 Å². The van der Waals surface area contributed by atoms with Crippen LogP contribution in [0.3, 0.4) is 0 Å². The molecule has 130 valence electrons. The first-order chi connectivity index (χ1) is 12.5. The molecule has 0 saturated carbocycles. The normalized spacial score (nSPS) is 11.2. The SMILES string of the molecule is Cc1cc(Sc2nnc(-c3cccc([N+](=O)[O-])c3)o2)[n+]2[nH]c(C)nc2n1. The Balaban J connectivity index is 1.67. The fourth-order valence-electron chi connectivity index (χ4n) is 2.38. The summed E-state index contributed by atoms with van der Waals surface area (Å²) >= 11 is 1.25. The molecule has 0 aliphatic heterocycles. The van der Waals surface area contributed by atoms with Gasteiger partial charge in [-0.1, -0.05) is 16.0 Å². The number of nitro groups is 1. The zero-order valence-corrected chi connectivity index (χ0v) is 14.5. The Labute approximate surface area is 150 Å². The van der Waals surface area contributed by atoms with Crippen LogP contribution in [0.1, 0.15) is 11.5 Å². The summed E-state index contributed by atoms with van der Waals surface area (Å²) in [6.07, 6.45) is 0. The molecule has 3 aromatic heterocycles. The second-order valence-electron chi connectivity index (χ2n) is 5.46. The molecule has 10 nitrogen and oxygen atoms in total. The highest BCUT2D eigenvalue weighted by molar-refractivity contribution is 7.98. The summed E-state index contributed by atoms with van der Waals surface area (Å²) in [5.41, 5.74) is 1.25. The van der Waals surface area contributed by atoms with Crippen LogP contribution in [0.25, 0.3) is 17.2 Å². The molecule has 0 spiro atoms. The van der Waals surface area contributed by atoms with E-state index in [1.54, 1.807) is 16.6 Å². The lowest BCUT2D eigenvalue weighted by atomic mass is 10.2. The van der Waals surface area contributed by atoms with Gasteiger partial charge >= 0.3 is 5.78 Å². The fraction of sp³-hybridized carbons (Fsp3) is 0.133. The summed E-state index contributed by atoms with van der Waals surface area (Å²) < 4.78 is 7.38. The third-order valence-electron chi connectivity index (χ3n) is 3.47. The van der Waals surface area contributed by atoms with Crippen LogP contribution in [-0.2, 0) is 0 Å². The van der Waals surface area contributed by atoms with Crippen molar-refractivity contribution in [1.29, 1.82) is 0 Å². The number of benzene rings is 1. The van der Waals surface area contributed by atoms with Gasteiger partial charge in [-0.05, 0) is 13.0 Å². The largest absolute Gasteiger partial charge is 0.458 e. The molecule has 0 aliphatic carbocycles. The van der Waals surface area contributed by atoms with Gasteiger partial charge in [0.05, 0.1) is 4.92 Å². The predicted molar refractivity (Wildman–Crippen MR) is 89.5 cm³/mol. The lowest BCUT2D eigenvalue weighted by molar-refractivity contribution is -0.620. The maximum Gasteiger partial charge on any atom is 0.458 e. The minimum Gasteiger partial charge on any atom is -0.411 e. The van der Waals surface area contributed by atoms with Gasteiger partial charge in [0.2, 0.25) is 11.7 Å². The van der Waals surface area contributed by atoms with Gasteiger partial charge in [-0.25, -0.2) is 5.10 Å². The number of hydrogen-bond donors (Lipinski definition) is 1. The van der Waals surface area contributed by atoms with Crippen LogP contribution >= 0.6 is 11.8 Å². The summed E-state index contributed by atoms with van der Waals surface area (Å²) in [5.74, 6) is 1.49. The molecule has 11 heteroatoms. The van der Waals surface area contributed by atoms with E-state index < -0.39 is 4.92 Å². The first-order valence-electron chi connectivity index (χ1n) is 7.52. The molecule has 0 radical (unpaired) electrons. The fourth-order valence-corrected chi connectivity index (χ4v) is 3.21. The van der Waals surface area contributed by atoms with Gasteiger partial charge in [0.25, 0.3) is 10.9 Å². The molecular weight excluding hydrogens is 358 g/mol. The molecule has 0 unspecified atom stereocenters. The van der Waals surface area contributed by atoms with E-state index in [-0.39, 0.29) is 11.6 Å². The maximum absolute atomic E-state index is 10.9. The molecule has 4 aromatic rings. The molecule has 0 amide bonds. The number of non-ortho nitro benzene ring substituents is 1. The summed E-state index contributed by atoms with van der Waals surface area (Å²) in [6.45, 7) is 3.71. The quantitative estimate of drug-likeness (QED) is 0.251. The molecule has 1 aromatic carbocycles. The minimum absolute atomic E-state index is 0.0372. The monoisotopic (exact) mass is 370 g/mol. The molecule has 0 fully saturated rings. The Hall–Kier alpha value is -3.34. The number of aryl methyl sites for hydroxylation is 2. The third-order valence-corrected chi connectivity index (χ3v) is 4.32. The predicted octanol–water partition coefficient (Wildman–Crippen LogP) is 2.27. The first kappa shape index (κ1) is 16.1. The van der Waals surface area contributed by atoms with Crippen molar-refractivity contribution >= 4 is 23.2 Å². The van der Waals surface area contributed by atoms with Gasteiger partial charge in [-0.2, -0.15) is 0 Å². The van der Waals surface area contributed by atoms with E-state index in [4.69, 9.17) is 4.42 Å². The highest BCUT2D eigenvalue weighted by atomic mass is 32.2. The lowest BCUT2D eigenvalue weighted by Crippen LogP contribution is -2.27. The van der Waals surface area contributed by atoms with Gasteiger partial charge in [0, 0.05) is 42.4 Å². The van der Waals surface area contributed by atoms with Crippen LogP contribution in [0.2, 0.25) is 0 Å². The van der Waals surface area contributed by atoms with Gasteiger partial charge in [0.1, 0.15) is 5.69 Å². The number of nitrogens with one attached hydrogen (secondary N) is 1. The summed E-state index contributed by atoms with van der Waals surface area (Å²) in [4.78, 5) is 19.1. The summed E-state index contributed by atoms with van der Waals surface area (Å²) in [5, 5.41) is 23.1. The number of rotatable bonds is 4. The third kappa shape index (κ3) is 2.99. The van der Waals surface area contributed by atoms with Crippen LogP contribution in [0.15, 0.2) is 45.0 Å². The lowest BCUT2D eigenvalue weighted by Gasteiger charge is -1.96. The van der Waals surface area contributed by atoms with Crippen molar-refractivity contribution in [3.05, 3.63) is 52.0 Å². The number of aromatic amines is 1. The van der Waals surface area contributed by atoms with Crippen LogP contribution in [0.5, 0.6) is 0 Å². The maximum atomic E-state index is 10.9. The Morgan fingerprint density at radius 2 is 2.08 bits per heavy atom. The van der Waals surface area contributed by atoms with Crippen molar-refractivity contribution in [2.45, 2.75) is 24.1 Å². The number of nitrogens with zero attached hydrogens (tertiary/aromatic N) is 6. The van der Waals surface area contributed by atoms with Crippen LogP contribution in [0.4, 0.5) is 5.69 Å². The van der Waals surface area contributed by atoms with Crippen molar-refractivity contribution < 1.29 is 13.9 Å². The van der Waals surface area contributed by atoms with Crippen molar-refractivity contribution in [2.75, 3.05) is 0 Å². The molecule has 0 atom stereocenters. The summed E-state index contributed by atoms with van der Waals surface area (Å²) in [6, 6.07) is 7.92. The van der Waals surface area contributed by atoms with Crippen molar-refractivity contribution in [3.8, 4) is 11.5 Å². The molecule has 0 bridgehead atoms. The van der Waals surface area contributed by atoms with Crippen molar-refractivity contribution in [3.63, 3.8) is 0 Å². The molecule has 26 heavy (non-hydrogen) atoms. The van der Waals surface area contributed by atoms with Crippen molar-refractivity contribution in [1.82, 2.24) is 25.3 Å². The van der Waals surface area contributed by atoms with E-state index in [1.165, 1.54) is 23.9 Å². The molecule has 4 rings (SSSR count). The van der Waals surface area contributed by atoms with Gasteiger partial charge < -0.3 is 4.42 Å². The van der Waals surface area contributed by atoms with Gasteiger partial charge in [-0.15, -0.1) is 14.7 Å². The number of aromatic nitrogens is 6. The zero-order valence-electron chi connectivity index (χ0n) is 13.7. The molecule has 0 saturated heterocycles. The van der Waals surface area contributed by atoms with Crippen LogP contribution in [-0.4, -0.2) is 30.2 Å². The second kappa shape index (κ2) is 6.19. The molecular formula is C15H12N7O3S+. The van der Waals surface area contributed by atoms with Gasteiger partial charge in [0.15, 0.2) is 5.03 Å². The summed E-state index contributed by atoms with van der Waals surface area (Å²) in [7, 11) is 0. The van der Waals surface area contributed by atoms with E-state index in [2.05, 4.69) is 25.3 Å². The Bertz CT molecular complexity index is 1140. The van der Waals surface area contributed by atoms with E-state index in [9.17, 15) is 10.1 Å². The highest BCUT2D eigenvalue weighted by Crippen LogP contribution is 2.28. The van der Waals surface area contributed by atoms with E-state index in [0.29, 0.717) is 16.6 Å². The number of fused-ring (bicyclic) bond motifs is 1. The van der Waals surface area contributed by atoms with Crippen LogP contribution < -0.4 is 4.52 Å². The average molecular weight is 370 g/mol. The van der Waals surface area contributed by atoms with Crippen molar-refractivity contribution in [2.24, 2.45) is 0 Å². The number of H-pyrrole nitrogens is 1. The second-order valence-corrected chi connectivity index (χ2v) is 6.43. The first-order valence-corrected chi connectivity index (χ1v) is 8.33. The molecule has 3 heterocycles. The molecule has 0 aliphatic rings. The van der Waals surface area contributed by atoms with E-state index >= 15 is 0 Å². The minimum atomic E-state index is -0.469. The Morgan fingerprint density at radius 1 is 1.23 bits per heavy atom. The van der Waals surface area contributed by atoms with E-state index in [0.717, 1.165) is 16.5 Å². The van der Waals surface area contributed by atoms with Crippen LogP contribution in [0, 0.1) is 24.0 Å². The number of hydrogen-bond acceptors (Lipinski definition) is 8. The Kier molecular flexibility index (Phi) is 3.84. The topological polar surface area (TPSA) is 128 Å². The molecule has 1 N–H and O–H groups in total. The Morgan fingerprint density at radius 3 is 2.88 bits per heavy atom. The average Bonchev–Trinajstić information content (AvgIpc) is 3.21. The standard InChI is InChI=1S/C15H11N7O3S/c1-8-6-12(21-14(16-8)17-9(2)20-21)26-15-19-18-13(25-15)10-4-3-5-11(7-10)22(23)24/h3-7H,1-2H3/p+1. The highest BCUT2D eigenvalue weighted by Gasteiger charge is 2.20.